The summed E-state index contributed by atoms with van der Waals surface area (Å²) < 4.78 is 0. The van der Waals surface area contributed by atoms with E-state index in [0.29, 0.717) is 0 Å². The summed E-state index contributed by atoms with van der Waals surface area (Å²) in [6.45, 7) is 2.14. The number of unbranched alkanes of at least 4 members (excludes halogenated alkanes) is 1. The fourth-order valence-corrected chi connectivity index (χ4v) is 1.96. The van der Waals surface area contributed by atoms with E-state index >= 15 is 0 Å². The van der Waals surface area contributed by atoms with Crippen molar-refractivity contribution < 1.29 is 0 Å². The lowest BCUT2D eigenvalue weighted by atomic mass is 10.2. The van der Waals surface area contributed by atoms with Gasteiger partial charge in [0.1, 0.15) is 5.82 Å². The summed E-state index contributed by atoms with van der Waals surface area (Å²) in [5.74, 6) is 0.873. The second-order valence-corrected chi connectivity index (χ2v) is 3.89. The van der Waals surface area contributed by atoms with Gasteiger partial charge in [0.25, 0.3) is 5.56 Å². The molecule has 0 unspecified atom stereocenters. The van der Waals surface area contributed by atoms with Gasteiger partial charge in [-0.05, 0) is 25.7 Å². The second-order valence-electron chi connectivity index (χ2n) is 3.89. The molecule has 3 heteroatoms. The van der Waals surface area contributed by atoms with Crippen LogP contribution in [0.3, 0.4) is 0 Å². The van der Waals surface area contributed by atoms with Crippen LogP contribution in [0.1, 0.15) is 43.3 Å². The maximum atomic E-state index is 11.6. The summed E-state index contributed by atoms with van der Waals surface area (Å²) in [6, 6.07) is 0. The first-order chi connectivity index (χ1) is 6.81. The molecule has 3 nitrogen and oxygen atoms in total. The second kappa shape index (κ2) is 3.95. The van der Waals surface area contributed by atoms with E-state index in [4.69, 9.17) is 0 Å². The van der Waals surface area contributed by atoms with Crippen molar-refractivity contribution in [3.63, 3.8) is 0 Å². The molecule has 0 fully saturated rings. The van der Waals surface area contributed by atoms with Crippen LogP contribution in [0.5, 0.6) is 0 Å². The molecule has 0 amide bonds. The van der Waals surface area contributed by atoms with E-state index in [1.165, 1.54) is 0 Å². The average Bonchev–Trinajstić information content (AvgIpc) is 2.63. The summed E-state index contributed by atoms with van der Waals surface area (Å²) in [5.41, 5.74) is 2.06. The lowest BCUT2D eigenvalue weighted by Gasteiger charge is -2.02. The van der Waals surface area contributed by atoms with Gasteiger partial charge >= 0.3 is 0 Å². The molecule has 1 aromatic heterocycles. The molecule has 1 aliphatic carbocycles. The van der Waals surface area contributed by atoms with Gasteiger partial charge in [-0.15, -0.1) is 0 Å². The fraction of sp³-hybridized carbons (Fsp3) is 0.636. The standard InChI is InChI=1S/C11H16N2O/c1-2-3-7-10-12-9-6-4-5-8(9)11(14)13-10/h2-7H2,1H3,(H,12,13,14). The van der Waals surface area contributed by atoms with Gasteiger partial charge < -0.3 is 4.98 Å². The van der Waals surface area contributed by atoms with E-state index < -0.39 is 0 Å². The molecule has 0 saturated carbocycles. The molecular weight excluding hydrogens is 176 g/mol. The van der Waals surface area contributed by atoms with Gasteiger partial charge in [0.05, 0.1) is 5.69 Å². The highest BCUT2D eigenvalue weighted by atomic mass is 16.1. The Morgan fingerprint density at radius 1 is 1.43 bits per heavy atom. The molecule has 0 saturated heterocycles. The van der Waals surface area contributed by atoms with Crippen LogP contribution in [0.2, 0.25) is 0 Å². The molecule has 1 N–H and O–H groups in total. The van der Waals surface area contributed by atoms with E-state index in [2.05, 4.69) is 16.9 Å². The summed E-state index contributed by atoms with van der Waals surface area (Å²) in [7, 11) is 0. The molecule has 1 aliphatic rings. The maximum Gasteiger partial charge on any atom is 0.254 e. The number of fused-ring (bicyclic) bond motifs is 1. The number of aromatic nitrogens is 2. The number of nitrogens with zero attached hydrogens (tertiary/aromatic N) is 1. The van der Waals surface area contributed by atoms with Crippen molar-refractivity contribution in [2.45, 2.75) is 45.4 Å². The van der Waals surface area contributed by atoms with Crippen molar-refractivity contribution in [1.29, 1.82) is 0 Å². The average molecular weight is 192 g/mol. The van der Waals surface area contributed by atoms with Crippen LogP contribution in [0.25, 0.3) is 0 Å². The van der Waals surface area contributed by atoms with Gasteiger partial charge in [0.15, 0.2) is 0 Å². The van der Waals surface area contributed by atoms with Gasteiger partial charge in [0, 0.05) is 12.0 Å². The largest absolute Gasteiger partial charge is 0.310 e. The van der Waals surface area contributed by atoms with E-state index in [0.717, 1.165) is 55.6 Å². The number of hydrogen-bond acceptors (Lipinski definition) is 2. The first-order valence-corrected chi connectivity index (χ1v) is 5.42. The van der Waals surface area contributed by atoms with E-state index in [1.54, 1.807) is 0 Å². The van der Waals surface area contributed by atoms with Crippen molar-refractivity contribution in [1.82, 2.24) is 9.97 Å². The molecule has 0 spiro atoms. The monoisotopic (exact) mass is 192 g/mol. The third-order valence-corrected chi connectivity index (χ3v) is 2.76. The van der Waals surface area contributed by atoms with Crippen molar-refractivity contribution in [3.05, 3.63) is 27.4 Å². The minimum Gasteiger partial charge on any atom is -0.310 e. The van der Waals surface area contributed by atoms with Crippen LogP contribution < -0.4 is 5.56 Å². The van der Waals surface area contributed by atoms with Crippen molar-refractivity contribution in [2.75, 3.05) is 0 Å². The molecule has 1 aromatic rings. The molecule has 1 heterocycles. The molecule has 0 aromatic carbocycles. The molecule has 0 aliphatic heterocycles. The Labute approximate surface area is 83.6 Å². The van der Waals surface area contributed by atoms with Crippen LogP contribution in [0, 0.1) is 0 Å². The number of aromatic amines is 1. The van der Waals surface area contributed by atoms with Crippen molar-refractivity contribution in [3.8, 4) is 0 Å². The summed E-state index contributed by atoms with van der Waals surface area (Å²) in [5, 5.41) is 0. The Morgan fingerprint density at radius 2 is 2.29 bits per heavy atom. The Balaban J connectivity index is 2.28. The Hall–Kier alpha value is -1.12. The van der Waals surface area contributed by atoms with Crippen molar-refractivity contribution in [2.24, 2.45) is 0 Å². The van der Waals surface area contributed by atoms with Crippen LogP contribution >= 0.6 is 0 Å². The molecule has 0 radical (unpaired) electrons. The van der Waals surface area contributed by atoms with Gasteiger partial charge in [-0.2, -0.15) is 0 Å². The number of hydrogen-bond donors (Lipinski definition) is 1. The lowest BCUT2D eigenvalue weighted by Crippen LogP contribution is -2.17. The van der Waals surface area contributed by atoms with Crippen LogP contribution in [0.4, 0.5) is 0 Å². The number of rotatable bonds is 3. The Kier molecular flexibility index (Phi) is 2.66. The topological polar surface area (TPSA) is 45.8 Å². The number of H-pyrrole nitrogens is 1. The predicted octanol–water partition coefficient (Wildman–Crippen LogP) is 1.60. The first-order valence-electron chi connectivity index (χ1n) is 5.42. The predicted molar refractivity (Wildman–Crippen MR) is 55.5 cm³/mol. The zero-order valence-electron chi connectivity index (χ0n) is 8.60. The maximum absolute atomic E-state index is 11.6. The fourth-order valence-electron chi connectivity index (χ4n) is 1.96. The number of nitrogens with one attached hydrogen (secondary N) is 1. The van der Waals surface area contributed by atoms with Gasteiger partial charge in [0.2, 0.25) is 0 Å². The van der Waals surface area contributed by atoms with Gasteiger partial charge in [-0.25, -0.2) is 4.98 Å². The zero-order valence-corrected chi connectivity index (χ0v) is 8.60. The van der Waals surface area contributed by atoms with E-state index in [1.807, 2.05) is 0 Å². The summed E-state index contributed by atoms with van der Waals surface area (Å²) in [6.07, 6.45) is 6.12. The molecule has 2 rings (SSSR count). The molecule has 76 valence electrons. The third-order valence-electron chi connectivity index (χ3n) is 2.76. The van der Waals surface area contributed by atoms with Gasteiger partial charge in [-0.3, -0.25) is 4.79 Å². The Bertz CT molecular complexity index is 381. The SMILES string of the molecule is CCCCc1nc2c(c(=O)[nH]1)CCC2. The van der Waals surface area contributed by atoms with Crippen LogP contribution in [-0.4, -0.2) is 9.97 Å². The molecule has 14 heavy (non-hydrogen) atoms. The zero-order chi connectivity index (χ0) is 9.97. The third kappa shape index (κ3) is 1.72. The summed E-state index contributed by atoms with van der Waals surface area (Å²) in [4.78, 5) is 19.0. The minimum absolute atomic E-state index is 0.0959. The molecular formula is C11H16N2O. The minimum atomic E-state index is 0.0959. The molecule has 0 atom stereocenters. The van der Waals surface area contributed by atoms with E-state index in [-0.39, 0.29) is 5.56 Å². The van der Waals surface area contributed by atoms with E-state index in [9.17, 15) is 4.79 Å². The first kappa shape index (κ1) is 9.44. The van der Waals surface area contributed by atoms with Gasteiger partial charge in [-0.1, -0.05) is 13.3 Å². The van der Waals surface area contributed by atoms with Crippen molar-refractivity contribution >= 4 is 0 Å². The number of aryl methyl sites for hydroxylation is 2. The molecule has 0 bridgehead atoms. The highest BCUT2D eigenvalue weighted by Gasteiger charge is 2.16. The quantitative estimate of drug-likeness (QED) is 0.790. The lowest BCUT2D eigenvalue weighted by molar-refractivity contribution is 0.739. The normalized spacial score (nSPS) is 14.4. The highest BCUT2D eigenvalue weighted by molar-refractivity contribution is 5.22. The smallest absolute Gasteiger partial charge is 0.254 e. The van der Waals surface area contributed by atoms with Crippen LogP contribution in [0.15, 0.2) is 4.79 Å². The Morgan fingerprint density at radius 3 is 3.07 bits per heavy atom. The summed E-state index contributed by atoms with van der Waals surface area (Å²) >= 11 is 0. The van der Waals surface area contributed by atoms with Crippen LogP contribution in [-0.2, 0) is 19.3 Å². The highest BCUT2D eigenvalue weighted by Crippen LogP contribution is 2.15.